The van der Waals surface area contributed by atoms with E-state index < -0.39 is 0 Å². The molecular weight excluding hydrogens is 386 g/mol. The average molecular weight is 418 g/mol. The average Bonchev–Trinajstić information content (AvgIpc) is 3.05. The van der Waals surface area contributed by atoms with Crippen LogP contribution in [0.2, 0.25) is 0 Å². The van der Waals surface area contributed by atoms with Gasteiger partial charge < -0.3 is 0 Å². The predicted octanol–water partition coefficient (Wildman–Crippen LogP) is 8.26. The van der Waals surface area contributed by atoms with Gasteiger partial charge >= 0.3 is 0 Å². The lowest BCUT2D eigenvalue weighted by atomic mass is 9.82. The summed E-state index contributed by atoms with van der Waals surface area (Å²) in [6, 6.07) is 25.8. The monoisotopic (exact) mass is 417 g/mol. The predicted molar refractivity (Wildman–Crippen MR) is 136 cm³/mol. The third-order valence-corrected chi connectivity index (χ3v) is 7.12. The van der Waals surface area contributed by atoms with Gasteiger partial charge in [-0.1, -0.05) is 88.9 Å². The van der Waals surface area contributed by atoms with Crippen LogP contribution in [0.5, 0.6) is 0 Å². The quantitative estimate of drug-likeness (QED) is 0.419. The molecular formula is C31H31N. The highest BCUT2D eigenvalue weighted by Gasteiger charge is 2.31. The maximum atomic E-state index is 9.41. The van der Waals surface area contributed by atoms with Crippen LogP contribution in [0.3, 0.4) is 0 Å². The first kappa shape index (κ1) is 21.8. The molecule has 0 N–H and O–H groups in total. The number of fused-ring (bicyclic) bond motifs is 1. The number of benzene rings is 3. The van der Waals surface area contributed by atoms with Crippen molar-refractivity contribution in [3.8, 4) is 6.07 Å². The number of rotatable bonds is 4. The van der Waals surface area contributed by atoms with Gasteiger partial charge in [-0.3, -0.25) is 0 Å². The fourth-order valence-electron chi connectivity index (χ4n) is 4.92. The Morgan fingerprint density at radius 3 is 2.31 bits per heavy atom. The Balaban J connectivity index is 1.99. The fourth-order valence-corrected chi connectivity index (χ4v) is 4.92. The summed E-state index contributed by atoms with van der Waals surface area (Å²) in [5, 5.41) is 9.41. The van der Waals surface area contributed by atoms with Gasteiger partial charge in [0.25, 0.3) is 0 Å². The van der Waals surface area contributed by atoms with Crippen molar-refractivity contribution < 1.29 is 0 Å². The maximum absolute atomic E-state index is 9.41. The summed E-state index contributed by atoms with van der Waals surface area (Å²) in [5.41, 5.74) is 11.8. The van der Waals surface area contributed by atoms with Gasteiger partial charge in [-0.15, -0.1) is 0 Å². The minimum Gasteiger partial charge on any atom is -0.192 e. The smallest absolute Gasteiger partial charge is 0.0991 e. The molecule has 1 aliphatic carbocycles. The van der Waals surface area contributed by atoms with Crippen LogP contribution in [-0.2, 0) is 0 Å². The standard InChI is InChI=1S/C31H31N/c1-19(2)21(4)28-17-26(14-12-20(28)3)31(25-10-8-7-9-11-25)30-22(5)27-15-13-24(18-32)16-29(27)23(30)6/h7-17,19,21-22H,6H2,1-5H3/b31-30+. The van der Waals surface area contributed by atoms with E-state index in [1.165, 1.54) is 39.0 Å². The van der Waals surface area contributed by atoms with Crippen molar-refractivity contribution in [2.45, 2.75) is 46.5 Å². The van der Waals surface area contributed by atoms with Crippen molar-refractivity contribution in [1.29, 1.82) is 5.26 Å². The van der Waals surface area contributed by atoms with Gasteiger partial charge in [0.2, 0.25) is 0 Å². The molecule has 0 aliphatic heterocycles. The summed E-state index contributed by atoms with van der Waals surface area (Å²) in [7, 11) is 0. The van der Waals surface area contributed by atoms with Crippen molar-refractivity contribution >= 4 is 11.1 Å². The number of allylic oxidation sites excluding steroid dienone is 2. The van der Waals surface area contributed by atoms with Gasteiger partial charge in [-0.25, -0.2) is 0 Å². The normalized spacial score (nSPS) is 17.8. The van der Waals surface area contributed by atoms with Gasteiger partial charge in [-0.05, 0) is 81.0 Å². The summed E-state index contributed by atoms with van der Waals surface area (Å²) in [4.78, 5) is 0. The zero-order chi connectivity index (χ0) is 23.0. The third kappa shape index (κ3) is 3.71. The lowest BCUT2D eigenvalue weighted by Crippen LogP contribution is -2.06. The van der Waals surface area contributed by atoms with Crippen molar-refractivity contribution in [2.24, 2.45) is 5.92 Å². The molecule has 4 rings (SSSR count). The molecule has 3 aromatic rings. The Bertz CT molecular complexity index is 1250. The highest BCUT2D eigenvalue weighted by molar-refractivity contribution is 5.99. The van der Waals surface area contributed by atoms with Gasteiger partial charge in [0.05, 0.1) is 11.6 Å². The summed E-state index contributed by atoms with van der Waals surface area (Å²) in [5.74, 6) is 1.27. The van der Waals surface area contributed by atoms with E-state index in [4.69, 9.17) is 0 Å². The van der Waals surface area contributed by atoms with Crippen molar-refractivity contribution in [2.75, 3.05) is 0 Å². The molecule has 2 atom stereocenters. The lowest BCUT2D eigenvalue weighted by molar-refractivity contribution is 0.533. The van der Waals surface area contributed by atoms with E-state index in [1.807, 2.05) is 12.1 Å². The van der Waals surface area contributed by atoms with E-state index in [0.717, 1.165) is 11.1 Å². The summed E-state index contributed by atoms with van der Waals surface area (Å²) in [6.07, 6.45) is 0. The van der Waals surface area contributed by atoms with Crippen LogP contribution in [-0.4, -0.2) is 0 Å². The van der Waals surface area contributed by atoms with Crippen molar-refractivity contribution in [3.05, 3.63) is 118 Å². The molecule has 0 saturated carbocycles. The molecule has 3 aromatic carbocycles. The van der Waals surface area contributed by atoms with Gasteiger partial charge in [0, 0.05) is 5.92 Å². The molecule has 2 unspecified atom stereocenters. The van der Waals surface area contributed by atoms with Gasteiger partial charge in [0.15, 0.2) is 0 Å². The zero-order valence-electron chi connectivity index (χ0n) is 19.7. The van der Waals surface area contributed by atoms with Crippen molar-refractivity contribution in [3.63, 3.8) is 0 Å². The van der Waals surface area contributed by atoms with Gasteiger partial charge in [-0.2, -0.15) is 5.26 Å². The second kappa shape index (κ2) is 8.64. The maximum Gasteiger partial charge on any atom is 0.0991 e. The molecule has 1 heteroatoms. The van der Waals surface area contributed by atoms with E-state index in [-0.39, 0.29) is 5.92 Å². The molecule has 0 amide bonds. The molecule has 0 aromatic heterocycles. The van der Waals surface area contributed by atoms with E-state index in [1.54, 1.807) is 0 Å². The molecule has 32 heavy (non-hydrogen) atoms. The van der Waals surface area contributed by atoms with Gasteiger partial charge in [0.1, 0.15) is 0 Å². The van der Waals surface area contributed by atoms with Crippen LogP contribution < -0.4 is 0 Å². The van der Waals surface area contributed by atoms with Crippen LogP contribution >= 0.6 is 0 Å². The highest BCUT2D eigenvalue weighted by Crippen LogP contribution is 2.49. The minimum atomic E-state index is 0.215. The van der Waals surface area contributed by atoms with E-state index in [9.17, 15) is 5.26 Å². The molecule has 0 bridgehead atoms. The Kier molecular flexibility index (Phi) is 5.90. The highest BCUT2D eigenvalue weighted by atomic mass is 14.3. The molecule has 1 aliphatic rings. The summed E-state index contributed by atoms with van der Waals surface area (Å²) in [6.45, 7) is 15.9. The topological polar surface area (TPSA) is 23.8 Å². The SMILES string of the molecule is C=C1/C(=C(\c2ccccc2)c2ccc(C)c(C(C)C(C)C)c2)C(C)c2ccc(C#N)cc21. The third-order valence-electron chi connectivity index (χ3n) is 7.12. The number of hydrogen-bond donors (Lipinski definition) is 0. The Morgan fingerprint density at radius 1 is 0.938 bits per heavy atom. The molecule has 0 spiro atoms. The van der Waals surface area contributed by atoms with Crippen LogP contribution in [0.1, 0.15) is 78.5 Å². The molecule has 0 fully saturated rings. The number of hydrogen-bond acceptors (Lipinski definition) is 1. The molecule has 160 valence electrons. The van der Waals surface area contributed by atoms with Crippen LogP contribution in [0.15, 0.2) is 78.9 Å². The molecule has 1 nitrogen and oxygen atoms in total. The molecule has 0 saturated heterocycles. The minimum absolute atomic E-state index is 0.215. The summed E-state index contributed by atoms with van der Waals surface area (Å²) >= 11 is 0. The van der Waals surface area contributed by atoms with E-state index in [0.29, 0.717) is 17.4 Å². The number of nitriles is 1. The first-order valence-corrected chi connectivity index (χ1v) is 11.5. The van der Waals surface area contributed by atoms with E-state index >= 15 is 0 Å². The summed E-state index contributed by atoms with van der Waals surface area (Å²) < 4.78 is 0. The Morgan fingerprint density at radius 2 is 1.66 bits per heavy atom. The fraction of sp³-hybridized carbons (Fsp3) is 0.258. The Labute approximate surface area is 192 Å². The zero-order valence-corrected chi connectivity index (χ0v) is 19.7. The first-order chi connectivity index (χ1) is 15.3. The Hall–Kier alpha value is -3.37. The van der Waals surface area contributed by atoms with Crippen LogP contribution in [0, 0.1) is 24.2 Å². The molecule has 0 radical (unpaired) electrons. The van der Waals surface area contributed by atoms with Crippen molar-refractivity contribution in [1.82, 2.24) is 0 Å². The van der Waals surface area contributed by atoms with E-state index in [2.05, 4.69) is 102 Å². The number of nitrogens with zero attached hydrogens (tertiary/aromatic N) is 1. The second-order valence-corrected chi connectivity index (χ2v) is 9.37. The number of aryl methyl sites for hydroxylation is 1. The van der Waals surface area contributed by atoms with Crippen LogP contribution in [0.4, 0.5) is 0 Å². The molecule has 0 heterocycles. The van der Waals surface area contributed by atoms with Crippen LogP contribution in [0.25, 0.3) is 11.1 Å². The second-order valence-electron chi connectivity index (χ2n) is 9.37. The first-order valence-electron chi connectivity index (χ1n) is 11.5. The largest absolute Gasteiger partial charge is 0.192 e. The lowest BCUT2D eigenvalue weighted by Gasteiger charge is -2.22.